The maximum absolute atomic E-state index is 13.4. The third-order valence-corrected chi connectivity index (χ3v) is 4.62. The van der Waals surface area contributed by atoms with Crippen molar-refractivity contribution in [2.24, 2.45) is 5.41 Å². The number of aliphatic hydroxyl groups excluding tert-OH is 1. The Balaban J connectivity index is 2.10. The van der Waals surface area contributed by atoms with Gasteiger partial charge in [-0.3, -0.25) is 4.79 Å². The minimum atomic E-state index is -0.494. The van der Waals surface area contributed by atoms with Crippen molar-refractivity contribution in [2.75, 3.05) is 19.8 Å². The third-order valence-electron chi connectivity index (χ3n) is 4.62. The highest BCUT2D eigenvalue weighted by Crippen LogP contribution is 2.37. The fourth-order valence-corrected chi connectivity index (χ4v) is 2.89. The minimum absolute atomic E-state index is 0.0816. The number of ether oxygens (including phenoxy) is 1. The molecule has 0 atom stereocenters. The zero-order valence-electron chi connectivity index (χ0n) is 17.2. The molecule has 0 saturated carbocycles. The van der Waals surface area contributed by atoms with E-state index in [-0.39, 0.29) is 30.3 Å². The van der Waals surface area contributed by atoms with Gasteiger partial charge in [-0.1, -0.05) is 31.1 Å². The van der Waals surface area contributed by atoms with Gasteiger partial charge >= 0.3 is 0 Å². The number of amides is 1. The van der Waals surface area contributed by atoms with E-state index in [1.165, 1.54) is 12.1 Å². The number of benzene rings is 2. The summed E-state index contributed by atoms with van der Waals surface area (Å²) < 4.78 is 24.7. The van der Waals surface area contributed by atoms with Crippen LogP contribution in [-0.2, 0) is 0 Å². The summed E-state index contributed by atoms with van der Waals surface area (Å²) in [5.41, 5.74) is 1.17. The van der Waals surface area contributed by atoms with E-state index >= 15 is 0 Å². The van der Waals surface area contributed by atoms with E-state index in [0.29, 0.717) is 29.2 Å². The quantitative estimate of drug-likeness (QED) is 0.576. The van der Waals surface area contributed by atoms with Crippen LogP contribution in [0.25, 0.3) is 22.6 Å². The van der Waals surface area contributed by atoms with E-state index < -0.39 is 11.3 Å². The first kappa shape index (κ1) is 21.5. The van der Waals surface area contributed by atoms with Crippen molar-refractivity contribution >= 4 is 5.91 Å². The largest absolute Gasteiger partial charge is 0.493 e. The summed E-state index contributed by atoms with van der Waals surface area (Å²) in [7, 11) is 0. The molecular formula is C23H25FN2O4. The SMILES string of the molecule is CCOc1ccccc1-c1onc(-c2ccc(F)cc2)c1C(=O)NCC(C)(C)CO. The van der Waals surface area contributed by atoms with Gasteiger partial charge in [0, 0.05) is 24.1 Å². The molecule has 7 heteroatoms. The van der Waals surface area contributed by atoms with Gasteiger partial charge < -0.3 is 19.7 Å². The predicted octanol–water partition coefficient (Wildman–Crippen LogP) is 4.29. The van der Waals surface area contributed by atoms with Gasteiger partial charge in [0.1, 0.15) is 22.8 Å². The Hall–Kier alpha value is -3.19. The van der Waals surface area contributed by atoms with Crippen LogP contribution >= 0.6 is 0 Å². The Kier molecular flexibility index (Phi) is 6.52. The predicted molar refractivity (Wildman–Crippen MR) is 112 cm³/mol. The molecule has 0 aliphatic heterocycles. The van der Waals surface area contributed by atoms with Crippen LogP contribution in [0.4, 0.5) is 4.39 Å². The summed E-state index contributed by atoms with van der Waals surface area (Å²) in [6.07, 6.45) is 0. The van der Waals surface area contributed by atoms with Crippen molar-refractivity contribution in [3.05, 3.63) is 59.9 Å². The molecule has 6 nitrogen and oxygen atoms in total. The number of para-hydroxylation sites is 1. The summed E-state index contributed by atoms with van der Waals surface area (Å²) in [6.45, 7) is 6.17. The molecule has 158 valence electrons. The molecule has 0 saturated heterocycles. The van der Waals surface area contributed by atoms with Crippen LogP contribution in [0.1, 0.15) is 31.1 Å². The first-order valence-corrected chi connectivity index (χ1v) is 9.73. The highest BCUT2D eigenvalue weighted by molar-refractivity contribution is 6.05. The number of hydrogen-bond donors (Lipinski definition) is 2. The Morgan fingerprint density at radius 1 is 1.20 bits per heavy atom. The molecule has 1 heterocycles. The lowest BCUT2D eigenvalue weighted by molar-refractivity contribution is 0.0912. The van der Waals surface area contributed by atoms with Gasteiger partial charge in [-0.25, -0.2) is 4.39 Å². The molecule has 3 rings (SSSR count). The normalized spacial score (nSPS) is 11.4. The van der Waals surface area contributed by atoms with Crippen LogP contribution in [0.3, 0.4) is 0 Å². The molecule has 0 spiro atoms. The van der Waals surface area contributed by atoms with Gasteiger partial charge in [-0.2, -0.15) is 0 Å². The van der Waals surface area contributed by atoms with Crippen molar-refractivity contribution in [3.8, 4) is 28.3 Å². The van der Waals surface area contributed by atoms with E-state index in [9.17, 15) is 14.3 Å². The fraction of sp³-hybridized carbons (Fsp3) is 0.304. The topological polar surface area (TPSA) is 84.6 Å². The van der Waals surface area contributed by atoms with Gasteiger partial charge in [0.2, 0.25) is 0 Å². The number of rotatable bonds is 8. The number of carbonyl (C=O) groups is 1. The van der Waals surface area contributed by atoms with Crippen LogP contribution in [-0.4, -0.2) is 35.9 Å². The van der Waals surface area contributed by atoms with Crippen molar-refractivity contribution < 1.29 is 23.6 Å². The van der Waals surface area contributed by atoms with E-state index in [1.54, 1.807) is 24.3 Å². The minimum Gasteiger partial charge on any atom is -0.493 e. The number of aliphatic hydroxyl groups is 1. The van der Waals surface area contributed by atoms with Crippen LogP contribution in [0.15, 0.2) is 53.1 Å². The van der Waals surface area contributed by atoms with Crippen LogP contribution in [0.5, 0.6) is 5.75 Å². The lowest BCUT2D eigenvalue weighted by Gasteiger charge is -2.21. The second kappa shape index (κ2) is 9.09. The summed E-state index contributed by atoms with van der Waals surface area (Å²) in [6, 6.07) is 12.9. The Labute approximate surface area is 174 Å². The molecule has 2 aromatic carbocycles. The highest BCUT2D eigenvalue weighted by atomic mass is 19.1. The lowest BCUT2D eigenvalue weighted by Crippen LogP contribution is -2.36. The van der Waals surface area contributed by atoms with Crippen molar-refractivity contribution in [3.63, 3.8) is 0 Å². The maximum Gasteiger partial charge on any atom is 0.257 e. The lowest BCUT2D eigenvalue weighted by atomic mass is 9.94. The molecule has 3 aromatic rings. The van der Waals surface area contributed by atoms with Gasteiger partial charge in [0.15, 0.2) is 5.76 Å². The monoisotopic (exact) mass is 412 g/mol. The summed E-state index contributed by atoms with van der Waals surface area (Å²) >= 11 is 0. The first-order chi connectivity index (χ1) is 14.4. The molecule has 0 unspecified atom stereocenters. The van der Waals surface area contributed by atoms with Crippen LogP contribution in [0.2, 0.25) is 0 Å². The summed E-state index contributed by atoms with van der Waals surface area (Å²) in [5, 5.41) is 16.5. The molecule has 0 aliphatic carbocycles. The zero-order valence-corrected chi connectivity index (χ0v) is 17.2. The average molecular weight is 412 g/mol. The van der Waals surface area contributed by atoms with Crippen molar-refractivity contribution in [1.82, 2.24) is 10.5 Å². The number of nitrogens with zero attached hydrogens (tertiary/aromatic N) is 1. The standard InChI is InChI=1S/C23H25FN2O4/c1-4-29-18-8-6-5-7-17(18)21-19(22(28)25-13-23(2,3)14-27)20(26-30-21)15-9-11-16(24)12-10-15/h5-12,27H,4,13-14H2,1-3H3,(H,25,28). The highest BCUT2D eigenvalue weighted by Gasteiger charge is 2.28. The number of aromatic nitrogens is 1. The van der Waals surface area contributed by atoms with E-state index in [4.69, 9.17) is 9.26 Å². The van der Waals surface area contributed by atoms with Crippen molar-refractivity contribution in [1.29, 1.82) is 0 Å². The van der Waals surface area contributed by atoms with Crippen LogP contribution in [0, 0.1) is 11.2 Å². The van der Waals surface area contributed by atoms with E-state index in [0.717, 1.165) is 0 Å². The fourth-order valence-electron chi connectivity index (χ4n) is 2.89. The summed E-state index contributed by atoms with van der Waals surface area (Å²) in [5.74, 6) is 0.0301. The van der Waals surface area contributed by atoms with Gasteiger partial charge in [0.25, 0.3) is 5.91 Å². The number of carbonyl (C=O) groups excluding carboxylic acids is 1. The Morgan fingerprint density at radius 2 is 1.90 bits per heavy atom. The molecule has 0 radical (unpaired) electrons. The van der Waals surface area contributed by atoms with Gasteiger partial charge in [-0.15, -0.1) is 0 Å². The molecule has 30 heavy (non-hydrogen) atoms. The van der Waals surface area contributed by atoms with Crippen LogP contribution < -0.4 is 10.1 Å². The number of halogens is 1. The Morgan fingerprint density at radius 3 is 2.57 bits per heavy atom. The smallest absolute Gasteiger partial charge is 0.257 e. The second-order valence-corrected chi connectivity index (χ2v) is 7.68. The summed E-state index contributed by atoms with van der Waals surface area (Å²) in [4.78, 5) is 13.2. The maximum atomic E-state index is 13.4. The van der Waals surface area contributed by atoms with Crippen molar-refractivity contribution in [2.45, 2.75) is 20.8 Å². The molecule has 0 fully saturated rings. The molecular weight excluding hydrogens is 387 g/mol. The molecule has 0 bridgehead atoms. The van der Waals surface area contributed by atoms with Gasteiger partial charge in [-0.05, 0) is 43.3 Å². The van der Waals surface area contributed by atoms with Gasteiger partial charge in [0.05, 0.1) is 12.2 Å². The molecule has 1 amide bonds. The third kappa shape index (κ3) is 4.68. The molecule has 1 aromatic heterocycles. The molecule has 2 N–H and O–H groups in total. The number of hydrogen-bond acceptors (Lipinski definition) is 5. The zero-order chi connectivity index (χ0) is 21.7. The number of nitrogens with one attached hydrogen (secondary N) is 1. The first-order valence-electron chi connectivity index (χ1n) is 9.73. The second-order valence-electron chi connectivity index (χ2n) is 7.68. The van der Waals surface area contributed by atoms with E-state index in [2.05, 4.69) is 10.5 Å². The average Bonchev–Trinajstić information content (AvgIpc) is 3.18. The Bertz CT molecular complexity index is 1010. The van der Waals surface area contributed by atoms with E-state index in [1.807, 2.05) is 32.9 Å². The molecule has 0 aliphatic rings.